The summed E-state index contributed by atoms with van der Waals surface area (Å²) in [6.45, 7) is 3.75. The van der Waals surface area contributed by atoms with E-state index in [-0.39, 0.29) is 0 Å². The highest BCUT2D eigenvalue weighted by molar-refractivity contribution is 6.25. The van der Waals surface area contributed by atoms with E-state index in [1.807, 2.05) is 17.8 Å². The molecule has 0 saturated carbocycles. The molecule has 1 rings (SSSR count). The highest BCUT2D eigenvalue weighted by Gasteiger charge is 2.03. The molecule has 0 amide bonds. The van der Waals surface area contributed by atoms with Crippen LogP contribution in [0, 0.1) is 0 Å². The van der Waals surface area contributed by atoms with Gasteiger partial charge in [-0.2, -0.15) is 5.10 Å². The Morgan fingerprint density at radius 1 is 1.64 bits per heavy atom. The van der Waals surface area contributed by atoms with Gasteiger partial charge in [0.2, 0.25) is 0 Å². The number of halogens is 1. The summed E-state index contributed by atoms with van der Waals surface area (Å²) in [6, 6.07) is 0. The lowest BCUT2D eigenvalue weighted by Gasteiger charge is -2.00. The molecule has 0 aliphatic heterocycles. The van der Waals surface area contributed by atoms with Crippen molar-refractivity contribution in [2.45, 2.75) is 19.9 Å². The standard InChI is InChI=1S/C10H16ClN3/c1-3-10-9(8-14(2)13-10)7-12-6-4-5-11/h4-5,8,12H,3,6-7H2,1-2H3/b5-4+. The Balaban J connectivity index is 2.48. The predicted molar refractivity (Wildman–Crippen MR) is 59.3 cm³/mol. The average molecular weight is 214 g/mol. The molecule has 4 heteroatoms. The van der Waals surface area contributed by atoms with Crippen LogP contribution in [0.5, 0.6) is 0 Å². The molecule has 0 fully saturated rings. The van der Waals surface area contributed by atoms with Crippen LogP contribution in [0.15, 0.2) is 17.8 Å². The third-order valence-corrected chi connectivity index (χ3v) is 2.17. The molecule has 0 unspecified atom stereocenters. The molecule has 0 aliphatic carbocycles. The molecule has 78 valence electrons. The van der Waals surface area contributed by atoms with Gasteiger partial charge in [0, 0.05) is 37.4 Å². The van der Waals surface area contributed by atoms with Crippen LogP contribution in [0.3, 0.4) is 0 Å². The molecule has 0 aliphatic rings. The minimum absolute atomic E-state index is 0.793. The Hall–Kier alpha value is -0.800. The molecule has 14 heavy (non-hydrogen) atoms. The first kappa shape index (κ1) is 11.3. The number of hydrogen-bond donors (Lipinski definition) is 1. The zero-order valence-electron chi connectivity index (χ0n) is 8.63. The van der Waals surface area contributed by atoms with Gasteiger partial charge in [-0.15, -0.1) is 0 Å². The number of aromatic nitrogens is 2. The van der Waals surface area contributed by atoms with Crippen molar-refractivity contribution in [3.05, 3.63) is 29.1 Å². The van der Waals surface area contributed by atoms with Crippen LogP contribution in [0.4, 0.5) is 0 Å². The van der Waals surface area contributed by atoms with E-state index in [0.29, 0.717) is 0 Å². The van der Waals surface area contributed by atoms with E-state index < -0.39 is 0 Å². The fourth-order valence-corrected chi connectivity index (χ4v) is 1.45. The van der Waals surface area contributed by atoms with Crippen molar-refractivity contribution >= 4 is 11.6 Å². The Kier molecular flexibility index (Phi) is 4.70. The SMILES string of the molecule is CCc1nn(C)cc1CNC/C=C/Cl. The quantitative estimate of drug-likeness (QED) is 0.757. The maximum atomic E-state index is 5.41. The topological polar surface area (TPSA) is 29.9 Å². The first-order valence-corrected chi connectivity index (χ1v) is 5.19. The molecule has 1 heterocycles. The summed E-state index contributed by atoms with van der Waals surface area (Å²) in [7, 11) is 1.95. The van der Waals surface area contributed by atoms with Crippen molar-refractivity contribution in [1.82, 2.24) is 15.1 Å². The van der Waals surface area contributed by atoms with E-state index in [2.05, 4.69) is 23.5 Å². The second-order valence-corrected chi connectivity index (χ2v) is 3.37. The van der Waals surface area contributed by atoms with E-state index in [1.165, 1.54) is 11.1 Å². The van der Waals surface area contributed by atoms with Gasteiger partial charge in [0.05, 0.1) is 5.69 Å². The van der Waals surface area contributed by atoms with Crippen LogP contribution in [0.1, 0.15) is 18.2 Å². The van der Waals surface area contributed by atoms with Crippen LogP contribution >= 0.6 is 11.6 Å². The summed E-state index contributed by atoms with van der Waals surface area (Å²) in [5.74, 6) is 0. The van der Waals surface area contributed by atoms with Gasteiger partial charge in [0.25, 0.3) is 0 Å². The third kappa shape index (κ3) is 3.16. The second-order valence-electron chi connectivity index (χ2n) is 3.12. The fourth-order valence-electron chi connectivity index (χ4n) is 1.36. The minimum Gasteiger partial charge on any atom is -0.309 e. The second kappa shape index (κ2) is 5.83. The molecule has 1 N–H and O–H groups in total. The number of rotatable bonds is 5. The van der Waals surface area contributed by atoms with E-state index in [9.17, 15) is 0 Å². The molecule has 0 bridgehead atoms. The Bertz CT molecular complexity index is 304. The van der Waals surface area contributed by atoms with E-state index in [1.54, 1.807) is 0 Å². The first-order valence-electron chi connectivity index (χ1n) is 4.75. The first-order chi connectivity index (χ1) is 6.77. The molecule has 3 nitrogen and oxygen atoms in total. The van der Waals surface area contributed by atoms with Gasteiger partial charge < -0.3 is 5.32 Å². The monoisotopic (exact) mass is 213 g/mol. The van der Waals surface area contributed by atoms with Gasteiger partial charge in [-0.25, -0.2) is 0 Å². The number of aryl methyl sites for hydroxylation is 2. The average Bonchev–Trinajstić information content (AvgIpc) is 2.54. The molecule has 1 aromatic heterocycles. The molecule has 0 spiro atoms. The Labute approximate surface area is 89.8 Å². The van der Waals surface area contributed by atoms with Crippen LogP contribution in [0.25, 0.3) is 0 Å². The molecular weight excluding hydrogens is 198 g/mol. The van der Waals surface area contributed by atoms with Crippen molar-refractivity contribution in [1.29, 1.82) is 0 Å². The normalized spacial score (nSPS) is 11.4. The summed E-state index contributed by atoms with van der Waals surface area (Å²) in [5, 5.41) is 7.63. The van der Waals surface area contributed by atoms with Crippen LogP contribution in [0.2, 0.25) is 0 Å². The van der Waals surface area contributed by atoms with Crippen LogP contribution in [-0.2, 0) is 20.0 Å². The van der Waals surface area contributed by atoms with Gasteiger partial charge >= 0.3 is 0 Å². The minimum atomic E-state index is 0.793. The molecule has 0 saturated heterocycles. The van der Waals surface area contributed by atoms with Gasteiger partial charge in [0.1, 0.15) is 0 Å². The van der Waals surface area contributed by atoms with Crippen molar-refractivity contribution in [3.63, 3.8) is 0 Å². The molecule has 1 aromatic rings. The largest absolute Gasteiger partial charge is 0.309 e. The van der Waals surface area contributed by atoms with E-state index in [0.717, 1.165) is 25.2 Å². The zero-order chi connectivity index (χ0) is 10.4. The molecule has 0 radical (unpaired) electrons. The summed E-state index contributed by atoms with van der Waals surface area (Å²) in [4.78, 5) is 0. The van der Waals surface area contributed by atoms with Gasteiger partial charge in [0.15, 0.2) is 0 Å². The van der Waals surface area contributed by atoms with Gasteiger partial charge in [-0.1, -0.05) is 24.6 Å². The fraction of sp³-hybridized carbons (Fsp3) is 0.500. The lowest BCUT2D eigenvalue weighted by molar-refractivity contribution is 0.746. The van der Waals surface area contributed by atoms with Gasteiger partial charge in [-0.05, 0) is 6.42 Å². The van der Waals surface area contributed by atoms with Crippen molar-refractivity contribution in [2.24, 2.45) is 7.05 Å². The molecule has 0 atom stereocenters. The number of hydrogen-bond acceptors (Lipinski definition) is 2. The van der Waals surface area contributed by atoms with Crippen molar-refractivity contribution < 1.29 is 0 Å². The Morgan fingerprint density at radius 2 is 2.43 bits per heavy atom. The summed E-state index contributed by atoms with van der Waals surface area (Å²) < 4.78 is 1.85. The highest BCUT2D eigenvalue weighted by atomic mass is 35.5. The predicted octanol–water partition coefficient (Wildman–Crippen LogP) is 1.82. The highest BCUT2D eigenvalue weighted by Crippen LogP contribution is 2.06. The van der Waals surface area contributed by atoms with Gasteiger partial charge in [-0.3, -0.25) is 4.68 Å². The molecule has 0 aromatic carbocycles. The summed E-state index contributed by atoms with van der Waals surface area (Å²) in [5.41, 5.74) is 3.95. The summed E-state index contributed by atoms with van der Waals surface area (Å²) in [6.07, 6.45) is 4.91. The lowest BCUT2D eigenvalue weighted by atomic mass is 10.2. The third-order valence-electron chi connectivity index (χ3n) is 1.99. The van der Waals surface area contributed by atoms with Crippen LogP contribution in [-0.4, -0.2) is 16.3 Å². The number of nitrogens with one attached hydrogen (secondary N) is 1. The zero-order valence-corrected chi connectivity index (χ0v) is 9.38. The maximum absolute atomic E-state index is 5.41. The smallest absolute Gasteiger partial charge is 0.0666 e. The maximum Gasteiger partial charge on any atom is 0.0666 e. The Morgan fingerprint density at radius 3 is 3.07 bits per heavy atom. The van der Waals surface area contributed by atoms with E-state index >= 15 is 0 Å². The van der Waals surface area contributed by atoms with Crippen molar-refractivity contribution in [3.8, 4) is 0 Å². The van der Waals surface area contributed by atoms with E-state index in [4.69, 9.17) is 11.6 Å². The lowest BCUT2D eigenvalue weighted by Crippen LogP contribution is -2.13. The summed E-state index contributed by atoms with van der Waals surface area (Å²) >= 11 is 5.41. The van der Waals surface area contributed by atoms with Crippen molar-refractivity contribution in [2.75, 3.05) is 6.54 Å². The molecular formula is C10H16ClN3. The van der Waals surface area contributed by atoms with Crippen LogP contribution < -0.4 is 5.32 Å². The number of nitrogens with zero attached hydrogens (tertiary/aromatic N) is 2.